The zero-order valence-corrected chi connectivity index (χ0v) is 13.3. The summed E-state index contributed by atoms with van der Waals surface area (Å²) >= 11 is 0. The van der Waals surface area contributed by atoms with Crippen molar-refractivity contribution < 1.29 is 4.79 Å². The maximum Gasteiger partial charge on any atom is 0.220 e. The monoisotopic (exact) mass is 292 g/mol. The standard InChI is InChI=1S/C16H28N4O/c1-14-12-18-20(13-14)11-5-9-17-16(21)8-7-15-6-3-4-10-19(15)2/h12-13,15H,3-11H2,1-2H3,(H,17,21)/t15-/m0/s1. The first-order valence-electron chi connectivity index (χ1n) is 8.11. The van der Waals surface area contributed by atoms with Crippen molar-refractivity contribution in [3.05, 3.63) is 18.0 Å². The van der Waals surface area contributed by atoms with Crippen LogP contribution in [-0.2, 0) is 11.3 Å². The molecule has 21 heavy (non-hydrogen) atoms. The molecule has 0 bridgehead atoms. The minimum absolute atomic E-state index is 0.186. The molecular weight excluding hydrogens is 264 g/mol. The highest BCUT2D eigenvalue weighted by atomic mass is 16.1. The minimum Gasteiger partial charge on any atom is -0.356 e. The summed E-state index contributed by atoms with van der Waals surface area (Å²) in [6.45, 7) is 4.81. The third kappa shape index (κ3) is 5.50. The van der Waals surface area contributed by atoms with E-state index in [0.717, 1.165) is 25.9 Å². The molecule has 0 radical (unpaired) electrons. The van der Waals surface area contributed by atoms with Gasteiger partial charge >= 0.3 is 0 Å². The van der Waals surface area contributed by atoms with Gasteiger partial charge in [-0.1, -0.05) is 6.42 Å². The number of aryl methyl sites for hydroxylation is 2. The fourth-order valence-corrected chi connectivity index (χ4v) is 2.95. The Morgan fingerprint density at radius 3 is 3.05 bits per heavy atom. The first-order chi connectivity index (χ1) is 10.1. The van der Waals surface area contributed by atoms with Crippen molar-refractivity contribution in [1.29, 1.82) is 0 Å². The predicted octanol–water partition coefficient (Wildman–Crippen LogP) is 1.96. The molecule has 0 aliphatic carbocycles. The van der Waals surface area contributed by atoms with Crippen molar-refractivity contribution >= 4 is 5.91 Å². The second-order valence-electron chi connectivity index (χ2n) is 6.15. The summed E-state index contributed by atoms with van der Waals surface area (Å²) in [6.07, 6.45) is 10.3. The average Bonchev–Trinajstić information content (AvgIpc) is 2.88. The van der Waals surface area contributed by atoms with Crippen LogP contribution in [0.15, 0.2) is 12.4 Å². The van der Waals surface area contributed by atoms with Crippen LogP contribution in [0.1, 0.15) is 44.1 Å². The average molecular weight is 292 g/mol. The van der Waals surface area contributed by atoms with Gasteiger partial charge in [0.1, 0.15) is 0 Å². The third-order valence-corrected chi connectivity index (χ3v) is 4.27. The maximum atomic E-state index is 11.9. The molecular formula is C16H28N4O. The number of piperidine rings is 1. The SMILES string of the molecule is Cc1cnn(CCCNC(=O)CC[C@@H]2CCCCN2C)c1. The van der Waals surface area contributed by atoms with Gasteiger partial charge in [0.25, 0.3) is 0 Å². The highest BCUT2D eigenvalue weighted by molar-refractivity contribution is 5.75. The molecule has 1 atom stereocenters. The number of hydrogen-bond donors (Lipinski definition) is 1. The second-order valence-corrected chi connectivity index (χ2v) is 6.15. The molecule has 5 nitrogen and oxygen atoms in total. The van der Waals surface area contributed by atoms with Crippen LogP contribution in [-0.4, -0.2) is 46.8 Å². The molecule has 1 aromatic rings. The van der Waals surface area contributed by atoms with E-state index in [9.17, 15) is 4.79 Å². The molecule has 1 aliphatic heterocycles. The van der Waals surface area contributed by atoms with E-state index in [1.165, 1.54) is 31.4 Å². The fraction of sp³-hybridized carbons (Fsp3) is 0.750. The number of carbonyl (C=O) groups excluding carboxylic acids is 1. The highest BCUT2D eigenvalue weighted by Gasteiger charge is 2.19. The zero-order valence-electron chi connectivity index (χ0n) is 13.3. The minimum atomic E-state index is 0.186. The Morgan fingerprint density at radius 2 is 2.33 bits per heavy atom. The number of likely N-dealkylation sites (tertiary alicyclic amines) is 1. The summed E-state index contributed by atoms with van der Waals surface area (Å²) in [7, 11) is 2.17. The van der Waals surface area contributed by atoms with Crippen molar-refractivity contribution in [2.45, 2.75) is 58.0 Å². The topological polar surface area (TPSA) is 50.2 Å². The Bertz CT molecular complexity index is 443. The summed E-state index contributed by atoms with van der Waals surface area (Å²) in [5.74, 6) is 0.186. The van der Waals surface area contributed by atoms with Gasteiger partial charge in [-0.05, 0) is 51.8 Å². The van der Waals surface area contributed by atoms with E-state index in [4.69, 9.17) is 0 Å². The molecule has 0 saturated carbocycles. The van der Waals surface area contributed by atoms with Crippen molar-refractivity contribution in [3.8, 4) is 0 Å². The molecule has 1 saturated heterocycles. The smallest absolute Gasteiger partial charge is 0.220 e. The van der Waals surface area contributed by atoms with E-state index in [2.05, 4.69) is 22.4 Å². The summed E-state index contributed by atoms with van der Waals surface area (Å²) in [5, 5.41) is 7.25. The van der Waals surface area contributed by atoms with E-state index in [-0.39, 0.29) is 5.91 Å². The van der Waals surface area contributed by atoms with Gasteiger partial charge in [0.2, 0.25) is 5.91 Å². The van der Waals surface area contributed by atoms with Gasteiger partial charge < -0.3 is 10.2 Å². The summed E-state index contributed by atoms with van der Waals surface area (Å²) < 4.78 is 1.93. The van der Waals surface area contributed by atoms with E-state index in [1.807, 2.05) is 24.0 Å². The molecule has 118 valence electrons. The third-order valence-electron chi connectivity index (χ3n) is 4.27. The normalized spacial score (nSPS) is 19.6. The van der Waals surface area contributed by atoms with E-state index in [1.54, 1.807) is 0 Å². The summed E-state index contributed by atoms with van der Waals surface area (Å²) in [4.78, 5) is 14.3. The Labute approximate surface area is 127 Å². The van der Waals surface area contributed by atoms with Crippen molar-refractivity contribution in [1.82, 2.24) is 20.0 Å². The summed E-state index contributed by atoms with van der Waals surface area (Å²) in [6, 6.07) is 0.594. The molecule has 5 heteroatoms. The van der Waals surface area contributed by atoms with Crippen molar-refractivity contribution in [2.24, 2.45) is 0 Å². The van der Waals surface area contributed by atoms with Gasteiger partial charge in [0, 0.05) is 31.7 Å². The Hall–Kier alpha value is -1.36. The predicted molar refractivity (Wildman–Crippen MR) is 84.1 cm³/mol. The van der Waals surface area contributed by atoms with E-state index < -0.39 is 0 Å². The molecule has 2 heterocycles. The van der Waals surface area contributed by atoms with Crippen LogP contribution in [0.5, 0.6) is 0 Å². The Kier molecular flexibility index (Phi) is 6.23. The molecule has 0 unspecified atom stereocenters. The molecule has 1 aromatic heterocycles. The number of aromatic nitrogens is 2. The number of rotatable bonds is 7. The molecule has 1 aliphatic rings. The van der Waals surface area contributed by atoms with Gasteiger partial charge in [0.05, 0.1) is 6.20 Å². The number of nitrogens with zero attached hydrogens (tertiary/aromatic N) is 3. The van der Waals surface area contributed by atoms with Crippen LogP contribution in [0.4, 0.5) is 0 Å². The summed E-state index contributed by atoms with van der Waals surface area (Å²) in [5.41, 5.74) is 1.18. The lowest BCUT2D eigenvalue weighted by Crippen LogP contribution is -2.37. The molecule has 1 amide bonds. The van der Waals surface area contributed by atoms with Gasteiger partial charge in [-0.3, -0.25) is 9.48 Å². The second kappa shape index (κ2) is 8.17. The molecule has 1 fully saturated rings. The quantitative estimate of drug-likeness (QED) is 0.782. The van der Waals surface area contributed by atoms with Crippen LogP contribution in [0.3, 0.4) is 0 Å². The number of nitrogens with one attached hydrogen (secondary N) is 1. The first-order valence-corrected chi connectivity index (χ1v) is 8.11. The van der Waals surface area contributed by atoms with Crippen LogP contribution >= 0.6 is 0 Å². The lowest BCUT2D eigenvalue weighted by molar-refractivity contribution is -0.121. The van der Waals surface area contributed by atoms with Gasteiger partial charge in [-0.2, -0.15) is 5.10 Å². The van der Waals surface area contributed by atoms with Crippen LogP contribution in [0, 0.1) is 6.92 Å². The molecule has 0 aromatic carbocycles. The van der Waals surface area contributed by atoms with Gasteiger partial charge in [-0.15, -0.1) is 0 Å². The van der Waals surface area contributed by atoms with E-state index >= 15 is 0 Å². The molecule has 0 spiro atoms. The lowest BCUT2D eigenvalue weighted by atomic mass is 9.98. The zero-order chi connectivity index (χ0) is 15.1. The van der Waals surface area contributed by atoms with Crippen LogP contribution < -0.4 is 5.32 Å². The number of carbonyl (C=O) groups is 1. The van der Waals surface area contributed by atoms with Gasteiger partial charge in [0.15, 0.2) is 0 Å². The Balaban J connectivity index is 1.55. The van der Waals surface area contributed by atoms with Crippen molar-refractivity contribution in [2.75, 3.05) is 20.1 Å². The largest absolute Gasteiger partial charge is 0.356 e. The lowest BCUT2D eigenvalue weighted by Gasteiger charge is -2.32. The molecule has 2 rings (SSSR count). The maximum absolute atomic E-state index is 11.9. The first kappa shape index (κ1) is 16.0. The van der Waals surface area contributed by atoms with Crippen LogP contribution in [0.25, 0.3) is 0 Å². The molecule has 1 N–H and O–H groups in total. The van der Waals surface area contributed by atoms with Crippen LogP contribution in [0.2, 0.25) is 0 Å². The van der Waals surface area contributed by atoms with E-state index in [0.29, 0.717) is 12.5 Å². The Morgan fingerprint density at radius 1 is 1.48 bits per heavy atom. The van der Waals surface area contributed by atoms with Crippen molar-refractivity contribution in [3.63, 3.8) is 0 Å². The highest BCUT2D eigenvalue weighted by Crippen LogP contribution is 2.18. The number of hydrogen-bond acceptors (Lipinski definition) is 3. The van der Waals surface area contributed by atoms with Gasteiger partial charge in [-0.25, -0.2) is 0 Å². The fourth-order valence-electron chi connectivity index (χ4n) is 2.95. The number of amides is 1.